The number of fused-ring (bicyclic) bond motifs is 4. The van der Waals surface area contributed by atoms with E-state index in [0.717, 1.165) is 13.1 Å². The highest BCUT2D eigenvalue weighted by atomic mass is 16.2. The zero-order chi connectivity index (χ0) is 12.6. The number of carbonyl (C=O) groups is 1. The second-order valence-electron chi connectivity index (χ2n) is 6.40. The molecule has 0 aliphatic carbocycles. The standard InChI is InChI=1S/C14H27N2O/c1-11(2)14(17)15-7-10-16(12(3)4)8-5-13(15)6-9-16/h11-13H,5-10H2,1-4H3/q+1. The Morgan fingerprint density at radius 1 is 1.12 bits per heavy atom. The van der Waals surface area contributed by atoms with Gasteiger partial charge < -0.3 is 9.38 Å². The predicted molar refractivity (Wildman–Crippen MR) is 69.6 cm³/mol. The van der Waals surface area contributed by atoms with Gasteiger partial charge in [-0.1, -0.05) is 13.8 Å². The Hall–Kier alpha value is -0.570. The molecule has 3 rings (SSSR count). The van der Waals surface area contributed by atoms with Gasteiger partial charge in [-0.05, 0) is 13.8 Å². The van der Waals surface area contributed by atoms with Gasteiger partial charge in [-0.15, -0.1) is 0 Å². The Morgan fingerprint density at radius 2 is 1.71 bits per heavy atom. The van der Waals surface area contributed by atoms with Gasteiger partial charge in [-0.3, -0.25) is 4.79 Å². The van der Waals surface area contributed by atoms with Crippen LogP contribution in [0.25, 0.3) is 0 Å². The van der Waals surface area contributed by atoms with Gasteiger partial charge in [0.25, 0.3) is 0 Å². The normalized spacial score (nSPS) is 33.3. The van der Waals surface area contributed by atoms with Gasteiger partial charge >= 0.3 is 0 Å². The molecular formula is C14H27N2O+. The lowest BCUT2D eigenvalue weighted by atomic mass is 10.00. The molecule has 3 saturated heterocycles. The largest absolute Gasteiger partial charge is 0.333 e. The molecule has 98 valence electrons. The van der Waals surface area contributed by atoms with Gasteiger partial charge in [-0.2, -0.15) is 0 Å². The molecule has 3 heterocycles. The smallest absolute Gasteiger partial charge is 0.225 e. The first-order valence-electron chi connectivity index (χ1n) is 7.12. The Balaban J connectivity index is 2.14. The van der Waals surface area contributed by atoms with Crippen LogP contribution >= 0.6 is 0 Å². The first-order valence-corrected chi connectivity index (χ1v) is 7.12. The van der Waals surface area contributed by atoms with Crippen molar-refractivity contribution in [1.29, 1.82) is 0 Å². The third kappa shape index (κ3) is 2.22. The number of piperidine rings is 1. The van der Waals surface area contributed by atoms with Crippen molar-refractivity contribution >= 4 is 5.91 Å². The maximum Gasteiger partial charge on any atom is 0.225 e. The number of rotatable bonds is 2. The predicted octanol–water partition coefficient (Wildman–Crippen LogP) is 1.87. The lowest BCUT2D eigenvalue weighted by molar-refractivity contribution is -0.948. The number of hydrogen-bond acceptors (Lipinski definition) is 1. The first-order chi connectivity index (χ1) is 7.96. The van der Waals surface area contributed by atoms with E-state index in [1.165, 1.54) is 30.4 Å². The minimum atomic E-state index is 0.148. The Morgan fingerprint density at radius 3 is 2.18 bits per heavy atom. The minimum absolute atomic E-state index is 0.148. The summed E-state index contributed by atoms with van der Waals surface area (Å²) >= 11 is 0. The lowest BCUT2D eigenvalue weighted by Crippen LogP contribution is -2.57. The topological polar surface area (TPSA) is 20.3 Å². The van der Waals surface area contributed by atoms with Crippen LogP contribution in [0, 0.1) is 5.92 Å². The molecule has 0 unspecified atom stereocenters. The van der Waals surface area contributed by atoms with Crippen molar-refractivity contribution in [2.24, 2.45) is 5.92 Å². The number of amides is 1. The molecule has 0 aromatic heterocycles. The van der Waals surface area contributed by atoms with Crippen LogP contribution in [0.5, 0.6) is 0 Å². The molecule has 2 bridgehead atoms. The van der Waals surface area contributed by atoms with Crippen molar-refractivity contribution in [3.8, 4) is 0 Å². The lowest BCUT2D eigenvalue weighted by Gasteiger charge is -2.44. The van der Waals surface area contributed by atoms with E-state index >= 15 is 0 Å². The number of quaternary nitrogens is 1. The molecule has 1 amide bonds. The quantitative estimate of drug-likeness (QED) is 0.674. The SMILES string of the molecule is CC(C)C(=O)N1CC[N+]2(C(C)C)CCC1CC2. The van der Waals surface area contributed by atoms with E-state index in [1.807, 2.05) is 13.8 Å². The second-order valence-corrected chi connectivity index (χ2v) is 6.40. The van der Waals surface area contributed by atoms with Crippen LogP contribution in [0.3, 0.4) is 0 Å². The van der Waals surface area contributed by atoms with Crippen LogP contribution in [0.4, 0.5) is 0 Å². The van der Waals surface area contributed by atoms with Crippen LogP contribution in [-0.2, 0) is 4.79 Å². The molecule has 17 heavy (non-hydrogen) atoms. The Kier molecular flexibility index (Phi) is 3.48. The van der Waals surface area contributed by atoms with E-state index in [4.69, 9.17) is 0 Å². The molecule has 0 aromatic rings. The average Bonchev–Trinajstić information content (AvgIpc) is 2.58. The third-order valence-electron chi connectivity index (χ3n) is 4.91. The summed E-state index contributed by atoms with van der Waals surface area (Å²) in [4.78, 5) is 14.4. The van der Waals surface area contributed by atoms with Gasteiger partial charge in [-0.25, -0.2) is 0 Å². The van der Waals surface area contributed by atoms with Crippen LogP contribution in [0.2, 0.25) is 0 Å². The van der Waals surface area contributed by atoms with Crippen molar-refractivity contribution in [3.63, 3.8) is 0 Å². The number of nitrogens with zero attached hydrogens (tertiary/aromatic N) is 2. The molecule has 3 nitrogen and oxygen atoms in total. The summed E-state index contributed by atoms with van der Waals surface area (Å²) in [6.07, 6.45) is 2.41. The van der Waals surface area contributed by atoms with E-state index < -0.39 is 0 Å². The minimum Gasteiger partial charge on any atom is -0.333 e. The van der Waals surface area contributed by atoms with E-state index in [0.29, 0.717) is 18.0 Å². The van der Waals surface area contributed by atoms with Crippen molar-refractivity contribution in [1.82, 2.24) is 4.90 Å². The zero-order valence-electron chi connectivity index (χ0n) is 11.8. The van der Waals surface area contributed by atoms with Crippen molar-refractivity contribution < 1.29 is 9.28 Å². The fourth-order valence-corrected chi connectivity index (χ4v) is 3.49. The van der Waals surface area contributed by atoms with Gasteiger partial charge in [0, 0.05) is 24.8 Å². The average molecular weight is 239 g/mol. The number of hydrogen-bond donors (Lipinski definition) is 0. The molecule has 0 N–H and O–H groups in total. The summed E-state index contributed by atoms with van der Waals surface area (Å²) in [5.74, 6) is 0.510. The van der Waals surface area contributed by atoms with E-state index in [1.54, 1.807) is 0 Å². The van der Waals surface area contributed by atoms with Crippen LogP contribution < -0.4 is 0 Å². The maximum atomic E-state index is 12.2. The zero-order valence-corrected chi connectivity index (χ0v) is 11.8. The molecule has 0 saturated carbocycles. The van der Waals surface area contributed by atoms with Crippen LogP contribution in [0.1, 0.15) is 40.5 Å². The maximum absolute atomic E-state index is 12.2. The second kappa shape index (κ2) is 4.60. The fourth-order valence-electron chi connectivity index (χ4n) is 3.49. The molecule has 3 aliphatic heterocycles. The van der Waals surface area contributed by atoms with E-state index in [-0.39, 0.29) is 5.92 Å². The van der Waals surface area contributed by atoms with E-state index in [2.05, 4.69) is 18.7 Å². The van der Waals surface area contributed by atoms with Crippen molar-refractivity contribution in [3.05, 3.63) is 0 Å². The van der Waals surface area contributed by atoms with Crippen LogP contribution in [0.15, 0.2) is 0 Å². The fraction of sp³-hybridized carbons (Fsp3) is 0.929. The summed E-state index contributed by atoms with van der Waals surface area (Å²) in [6, 6.07) is 1.22. The molecule has 0 radical (unpaired) electrons. The molecule has 3 heteroatoms. The van der Waals surface area contributed by atoms with Crippen molar-refractivity contribution in [2.45, 2.75) is 52.6 Å². The molecule has 0 aromatic carbocycles. The molecule has 0 atom stereocenters. The highest BCUT2D eigenvalue weighted by molar-refractivity contribution is 5.78. The molecule has 0 spiro atoms. The van der Waals surface area contributed by atoms with Crippen molar-refractivity contribution in [2.75, 3.05) is 26.2 Å². The van der Waals surface area contributed by atoms with Gasteiger partial charge in [0.1, 0.15) is 0 Å². The first kappa shape index (κ1) is 12.9. The summed E-state index contributed by atoms with van der Waals surface area (Å²) in [5.41, 5.74) is 0. The monoisotopic (exact) mass is 239 g/mol. The molecule has 3 aliphatic rings. The van der Waals surface area contributed by atoms with Gasteiger partial charge in [0.15, 0.2) is 0 Å². The number of carbonyl (C=O) groups excluding carboxylic acids is 1. The molecule has 3 fully saturated rings. The van der Waals surface area contributed by atoms with Crippen LogP contribution in [-0.4, -0.2) is 53.6 Å². The summed E-state index contributed by atoms with van der Waals surface area (Å²) in [7, 11) is 0. The highest BCUT2D eigenvalue weighted by Gasteiger charge is 2.43. The van der Waals surface area contributed by atoms with Gasteiger partial charge in [0.2, 0.25) is 5.91 Å². The Labute approximate surface area is 105 Å². The summed E-state index contributed by atoms with van der Waals surface area (Å²) in [5, 5.41) is 0. The van der Waals surface area contributed by atoms with E-state index in [9.17, 15) is 4.79 Å². The summed E-state index contributed by atoms with van der Waals surface area (Å²) in [6.45, 7) is 13.4. The highest BCUT2D eigenvalue weighted by Crippen LogP contribution is 2.30. The van der Waals surface area contributed by atoms with Gasteiger partial charge in [0.05, 0.1) is 32.2 Å². The summed E-state index contributed by atoms with van der Waals surface area (Å²) < 4.78 is 1.23. The Bertz CT molecular complexity index is 291. The third-order valence-corrected chi connectivity index (χ3v) is 4.91. The molecular weight excluding hydrogens is 212 g/mol.